The number of carbonyl (C=O) groups excluding carboxylic acids is 1. The van der Waals surface area contributed by atoms with Gasteiger partial charge in [0, 0.05) is 11.1 Å². The van der Waals surface area contributed by atoms with Crippen LogP contribution in [0.1, 0.15) is 21.5 Å². The van der Waals surface area contributed by atoms with E-state index in [1.807, 2.05) is 54.6 Å². The fraction of sp³-hybridized carbons (Fsp3) is 0.0476. The molecule has 0 aliphatic carbocycles. The van der Waals surface area contributed by atoms with Gasteiger partial charge in [0.25, 0.3) is 5.91 Å². The second kappa shape index (κ2) is 8.48. The molecule has 0 bridgehead atoms. The van der Waals surface area contributed by atoms with Gasteiger partial charge in [-0.1, -0.05) is 48.5 Å². The number of nitrogens with zero attached hydrogens (tertiary/aromatic N) is 1. The predicted molar refractivity (Wildman–Crippen MR) is 100 cm³/mol. The minimum absolute atomic E-state index is 0.0290. The number of nitrogens with one attached hydrogen (secondary N) is 1. The van der Waals surface area contributed by atoms with Crippen molar-refractivity contribution in [2.45, 2.75) is 6.61 Å². The van der Waals surface area contributed by atoms with Crippen LogP contribution in [0.3, 0.4) is 0 Å². The molecule has 26 heavy (non-hydrogen) atoms. The van der Waals surface area contributed by atoms with Gasteiger partial charge in [0.15, 0.2) is 0 Å². The minimum atomic E-state index is -0.403. The SMILES string of the molecule is O=C(N/N=C\c1ccccc1OCc1ccccc1)c1cccc(O)c1. The molecular formula is C21H18N2O3. The van der Waals surface area contributed by atoms with Crippen LogP contribution in [0.2, 0.25) is 0 Å². The van der Waals surface area contributed by atoms with E-state index in [2.05, 4.69) is 10.5 Å². The Morgan fingerprint density at radius 1 is 1.00 bits per heavy atom. The van der Waals surface area contributed by atoms with Crippen LogP contribution in [-0.4, -0.2) is 17.2 Å². The van der Waals surface area contributed by atoms with Gasteiger partial charge in [-0.3, -0.25) is 4.79 Å². The monoisotopic (exact) mass is 346 g/mol. The van der Waals surface area contributed by atoms with E-state index in [0.29, 0.717) is 17.9 Å². The second-order valence-corrected chi connectivity index (χ2v) is 5.56. The zero-order chi connectivity index (χ0) is 18.2. The molecule has 5 nitrogen and oxygen atoms in total. The lowest BCUT2D eigenvalue weighted by atomic mass is 10.2. The molecule has 0 saturated heterocycles. The smallest absolute Gasteiger partial charge is 0.271 e. The molecule has 1 amide bonds. The Labute approximate surface area is 151 Å². The molecule has 0 saturated carbocycles. The van der Waals surface area contributed by atoms with Crippen LogP contribution in [0.4, 0.5) is 0 Å². The number of para-hydroxylation sites is 1. The molecule has 0 aromatic heterocycles. The third-order valence-electron chi connectivity index (χ3n) is 3.63. The molecule has 0 fully saturated rings. The molecule has 3 rings (SSSR count). The fourth-order valence-electron chi connectivity index (χ4n) is 2.33. The Hall–Kier alpha value is -3.60. The molecule has 130 valence electrons. The Kier molecular flexibility index (Phi) is 5.62. The van der Waals surface area contributed by atoms with Gasteiger partial charge in [0.2, 0.25) is 0 Å². The predicted octanol–water partition coefficient (Wildman–Crippen LogP) is 3.74. The molecule has 3 aromatic rings. The van der Waals surface area contributed by atoms with Crippen molar-refractivity contribution in [2.24, 2.45) is 5.10 Å². The summed E-state index contributed by atoms with van der Waals surface area (Å²) >= 11 is 0. The van der Waals surface area contributed by atoms with E-state index in [0.717, 1.165) is 11.1 Å². The molecule has 0 spiro atoms. The van der Waals surface area contributed by atoms with Gasteiger partial charge in [-0.25, -0.2) is 5.43 Å². The normalized spacial score (nSPS) is 10.6. The Morgan fingerprint density at radius 2 is 1.77 bits per heavy atom. The fourth-order valence-corrected chi connectivity index (χ4v) is 2.33. The van der Waals surface area contributed by atoms with Crippen LogP contribution in [0, 0.1) is 0 Å². The lowest BCUT2D eigenvalue weighted by Gasteiger charge is -2.09. The number of rotatable bonds is 6. The number of benzene rings is 3. The molecule has 0 atom stereocenters. The van der Waals surface area contributed by atoms with Gasteiger partial charge in [0.05, 0.1) is 6.21 Å². The average molecular weight is 346 g/mol. The number of amides is 1. The first-order valence-corrected chi connectivity index (χ1v) is 8.10. The van der Waals surface area contributed by atoms with Crippen molar-refractivity contribution in [1.29, 1.82) is 0 Å². The zero-order valence-corrected chi connectivity index (χ0v) is 14.0. The number of hydrogen-bond acceptors (Lipinski definition) is 4. The topological polar surface area (TPSA) is 70.9 Å². The summed E-state index contributed by atoms with van der Waals surface area (Å²) in [6.45, 7) is 0.446. The van der Waals surface area contributed by atoms with Crippen molar-refractivity contribution in [1.82, 2.24) is 5.43 Å². The summed E-state index contributed by atoms with van der Waals surface area (Å²) in [7, 11) is 0. The van der Waals surface area contributed by atoms with Gasteiger partial charge < -0.3 is 9.84 Å². The zero-order valence-electron chi connectivity index (χ0n) is 14.0. The van der Waals surface area contributed by atoms with Crippen molar-refractivity contribution < 1.29 is 14.6 Å². The minimum Gasteiger partial charge on any atom is -0.508 e. The summed E-state index contributed by atoms with van der Waals surface area (Å²) in [6.07, 6.45) is 1.53. The maximum atomic E-state index is 12.0. The molecule has 0 aliphatic heterocycles. The van der Waals surface area contributed by atoms with E-state index in [1.54, 1.807) is 12.1 Å². The van der Waals surface area contributed by atoms with Gasteiger partial charge in [-0.2, -0.15) is 5.10 Å². The lowest BCUT2D eigenvalue weighted by molar-refractivity contribution is 0.0954. The van der Waals surface area contributed by atoms with E-state index in [9.17, 15) is 9.90 Å². The Bertz CT molecular complexity index is 908. The number of ether oxygens (including phenoxy) is 1. The highest BCUT2D eigenvalue weighted by Gasteiger charge is 2.05. The first-order valence-electron chi connectivity index (χ1n) is 8.10. The van der Waals surface area contributed by atoms with Crippen LogP contribution in [0.5, 0.6) is 11.5 Å². The van der Waals surface area contributed by atoms with E-state index in [4.69, 9.17) is 4.74 Å². The summed E-state index contributed by atoms with van der Waals surface area (Å²) in [6, 6.07) is 23.4. The van der Waals surface area contributed by atoms with Crippen LogP contribution < -0.4 is 10.2 Å². The maximum Gasteiger partial charge on any atom is 0.271 e. The molecule has 0 unspecified atom stereocenters. The van der Waals surface area contributed by atoms with Gasteiger partial charge >= 0.3 is 0 Å². The van der Waals surface area contributed by atoms with E-state index in [1.165, 1.54) is 18.3 Å². The highest BCUT2D eigenvalue weighted by Crippen LogP contribution is 2.17. The van der Waals surface area contributed by atoms with Gasteiger partial charge in [-0.15, -0.1) is 0 Å². The molecule has 5 heteroatoms. The molecule has 3 aromatic carbocycles. The maximum absolute atomic E-state index is 12.0. The molecule has 2 N–H and O–H groups in total. The number of phenols is 1. The highest BCUT2D eigenvalue weighted by atomic mass is 16.5. The molecule has 0 radical (unpaired) electrons. The number of carbonyl (C=O) groups is 1. The average Bonchev–Trinajstić information content (AvgIpc) is 2.68. The summed E-state index contributed by atoms with van der Waals surface area (Å²) in [4.78, 5) is 12.0. The first-order chi connectivity index (χ1) is 12.7. The van der Waals surface area contributed by atoms with Crippen molar-refractivity contribution in [3.63, 3.8) is 0 Å². The van der Waals surface area contributed by atoms with Gasteiger partial charge in [0.1, 0.15) is 18.1 Å². The molecular weight excluding hydrogens is 328 g/mol. The van der Waals surface area contributed by atoms with Crippen molar-refractivity contribution >= 4 is 12.1 Å². The van der Waals surface area contributed by atoms with E-state index >= 15 is 0 Å². The lowest BCUT2D eigenvalue weighted by Crippen LogP contribution is -2.17. The first kappa shape index (κ1) is 17.2. The third-order valence-corrected chi connectivity index (χ3v) is 3.63. The summed E-state index contributed by atoms with van der Waals surface area (Å²) < 4.78 is 5.84. The summed E-state index contributed by atoms with van der Waals surface area (Å²) in [5, 5.41) is 13.4. The standard InChI is InChI=1S/C21H18N2O3/c24-19-11-6-10-17(13-19)21(25)23-22-14-18-9-4-5-12-20(18)26-15-16-7-2-1-3-8-16/h1-14,24H,15H2,(H,23,25)/b22-14-. The largest absolute Gasteiger partial charge is 0.508 e. The van der Waals surface area contributed by atoms with Crippen LogP contribution in [0.15, 0.2) is 84.0 Å². The highest BCUT2D eigenvalue weighted by molar-refractivity contribution is 5.95. The quantitative estimate of drug-likeness (QED) is 0.528. The van der Waals surface area contributed by atoms with E-state index in [-0.39, 0.29) is 5.75 Å². The van der Waals surface area contributed by atoms with Crippen molar-refractivity contribution in [2.75, 3.05) is 0 Å². The van der Waals surface area contributed by atoms with Crippen molar-refractivity contribution in [3.05, 3.63) is 95.6 Å². The van der Waals surface area contributed by atoms with E-state index < -0.39 is 5.91 Å². The molecule has 0 heterocycles. The number of aromatic hydroxyl groups is 1. The number of phenolic OH excluding ortho intramolecular Hbond substituents is 1. The number of hydrogen-bond donors (Lipinski definition) is 2. The van der Waals surface area contributed by atoms with Crippen LogP contribution in [0.25, 0.3) is 0 Å². The van der Waals surface area contributed by atoms with Gasteiger partial charge in [-0.05, 0) is 35.9 Å². The molecule has 0 aliphatic rings. The number of hydrazone groups is 1. The summed E-state index contributed by atoms with van der Waals surface area (Å²) in [5.41, 5.74) is 4.58. The van der Waals surface area contributed by atoms with Crippen molar-refractivity contribution in [3.8, 4) is 11.5 Å². The third kappa shape index (κ3) is 4.70. The van der Waals surface area contributed by atoms with Crippen LogP contribution >= 0.6 is 0 Å². The Balaban J connectivity index is 1.64. The summed E-state index contributed by atoms with van der Waals surface area (Å²) in [5.74, 6) is 0.299. The second-order valence-electron chi connectivity index (χ2n) is 5.56. The Morgan fingerprint density at radius 3 is 2.58 bits per heavy atom. The van der Waals surface area contributed by atoms with Crippen LogP contribution in [-0.2, 0) is 6.61 Å².